The maximum atomic E-state index is 13.2. The summed E-state index contributed by atoms with van der Waals surface area (Å²) >= 11 is 0.749. The Balaban J connectivity index is 1.99. The van der Waals surface area contributed by atoms with Gasteiger partial charge in [0.1, 0.15) is 0 Å². The van der Waals surface area contributed by atoms with Crippen LogP contribution in [-0.4, -0.2) is 38.8 Å². The summed E-state index contributed by atoms with van der Waals surface area (Å²) in [4.78, 5) is 22.6. The van der Waals surface area contributed by atoms with E-state index in [4.69, 9.17) is 0 Å². The number of halogens is 3. The molecule has 3 rings (SSSR count). The van der Waals surface area contributed by atoms with Gasteiger partial charge in [-0.3, -0.25) is 10.1 Å². The highest BCUT2D eigenvalue weighted by Gasteiger charge is 2.32. The number of amidine groups is 1. The van der Waals surface area contributed by atoms with Gasteiger partial charge in [0, 0.05) is 11.6 Å². The molecule has 0 bridgehead atoms. The van der Waals surface area contributed by atoms with Crippen LogP contribution in [0.2, 0.25) is 0 Å². The van der Waals surface area contributed by atoms with E-state index < -0.39 is 38.3 Å². The Hall–Kier alpha value is -3.45. The van der Waals surface area contributed by atoms with Crippen molar-refractivity contribution in [2.24, 2.45) is 10.2 Å². The van der Waals surface area contributed by atoms with Gasteiger partial charge in [0.2, 0.25) is 9.84 Å². The second-order valence-corrected chi connectivity index (χ2v) is 9.25. The van der Waals surface area contributed by atoms with Crippen molar-refractivity contribution in [3.63, 3.8) is 0 Å². The van der Waals surface area contributed by atoms with Crippen molar-refractivity contribution in [3.8, 4) is 0 Å². The lowest BCUT2D eigenvalue weighted by molar-refractivity contribution is -0.137. The van der Waals surface area contributed by atoms with Crippen LogP contribution in [0.4, 0.5) is 13.2 Å². The Morgan fingerprint density at radius 2 is 1.85 bits per heavy atom. The van der Waals surface area contributed by atoms with Crippen LogP contribution in [-0.2, 0) is 30.3 Å². The van der Waals surface area contributed by atoms with E-state index in [2.05, 4.69) is 20.3 Å². The van der Waals surface area contributed by atoms with Crippen molar-refractivity contribution in [1.82, 2.24) is 5.32 Å². The van der Waals surface area contributed by atoms with Crippen LogP contribution < -0.4 is 5.32 Å². The third-order valence-corrected chi connectivity index (χ3v) is 6.87. The smallest absolute Gasteiger partial charge is 0.416 e. The molecule has 2 aromatic rings. The van der Waals surface area contributed by atoms with E-state index in [0.717, 1.165) is 37.2 Å². The zero-order valence-electron chi connectivity index (χ0n) is 16.7. The first-order valence-electron chi connectivity index (χ1n) is 8.93. The van der Waals surface area contributed by atoms with Gasteiger partial charge in [-0.2, -0.15) is 18.3 Å². The normalized spacial score (nSPS) is 17.0. The van der Waals surface area contributed by atoms with E-state index in [-0.39, 0.29) is 20.5 Å². The van der Waals surface area contributed by atoms with Gasteiger partial charge < -0.3 is 4.74 Å². The summed E-state index contributed by atoms with van der Waals surface area (Å²) in [7, 11) is -3.03. The third kappa shape index (κ3) is 5.68. The molecule has 1 aliphatic heterocycles. The van der Waals surface area contributed by atoms with Gasteiger partial charge in [-0.15, -0.1) is 5.10 Å². The molecule has 1 amide bonds. The topological polar surface area (TPSA) is 114 Å². The van der Waals surface area contributed by atoms with Crippen LogP contribution in [0.15, 0.2) is 79.5 Å². The largest absolute Gasteiger partial charge is 0.466 e. The van der Waals surface area contributed by atoms with E-state index in [1.165, 1.54) is 24.3 Å². The average Bonchev–Trinajstić information content (AvgIpc) is 3.12. The van der Waals surface area contributed by atoms with Gasteiger partial charge in [-0.1, -0.05) is 18.2 Å². The summed E-state index contributed by atoms with van der Waals surface area (Å²) in [6.45, 7) is 0. The number of hydrogen-bond acceptors (Lipinski definition) is 8. The number of methoxy groups -OCH3 is 1. The number of carbonyl (C=O) groups is 2. The van der Waals surface area contributed by atoms with Gasteiger partial charge in [0.15, 0.2) is 5.17 Å². The van der Waals surface area contributed by atoms with Crippen LogP contribution in [0.25, 0.3) is 0 Å². The Kier molecular flexibility index (Phi) is 7.03. The monoisotopic (exact) mass is 497 g/mol. The molecule has 0 aromatic heterocycles. The number of esters is 1. The molecule has 0 spiro atoms. The molecule has 172 valence electrons. The third-order valence-electron chi connectivity index (χ3n) is 4.13. The molecule has 1 N–H and O–H groups in total. The average molecular weight is 497 g/mol. The van der Waals surface area contributed by atoms with Crippen LogP contribution in [0.5, 0.6) is 0 Å². The molecule has 8 nitrogen and oxygen atoms in total. The van der Waals surface area contributed by atoms with Crippen molar-refractivity contribution in [2.75, 3.05) is 7.11 Å². The van der Waals surface area contributed by atoms with E-state index >= 15 is 0 Å². The second kappa shape index (κ2) is 9.58. The maximum Gasteiger partial charge on any atom is 0.416 e. The fourth-order valence-corrected chi connectivity index (χ4v) is 4.76. The van der Waals surface area contributed by atoms with Crippen molar-refractivity contribution in [2.45, 2.75) is 16.0 Å². The molecule has 0 saturated carbocycles. The number of amides is 1. The fraction of sp³-hybridized carbons (Fsp3) is 0.100. The summed E-state index contributed by atoms with van der Waals surface area (Å²) in [5, 5.41) is 9.57. The Morgan fingerprint density at radius 1 is 1.15 bits per heavy atom. The predicted octanol–water partition coefficient (Wildman–Crippen LogP) is 3.15. The van der Waals surface area contributed by atoms with Gasteiger partial charge in [-0.05, 0) is 42.1 Å². The Labute approximate surface area is 190 Å². The molecule has 1 saturated heterocycles. The second-order valence-electron chi connectivity index (χ2n) is 6.30. The zero-order chi connectivity index (χ0) is 24.2. The minimum absolute atomic E-state index is 0.0257. The molecule has 0 radical (unpaired) electrons. The molecule has 33 heavy (non-hydrogen) atoms. The molecule has 0 atom stereocenters. The lowest BCUT2D eigenvalue weighted by Gasteiger charge is -2.12. The summed E-state index contributed by atoms with van der Waals surface area (Å²) in [6, 6.07) is 9.34. The SMILES string of the molecule is COC(=O)/C=C1/S/C(=N\N=Cc2cc(C(F)(F)F)ccc2S(=O)(=O)c2ccccc2)NC1=O. The number of alkyl halides is 3. The van der Waals surface area contributed by atoms with Crippen molar-refractivity contribution >= 4 is 44.9 Å². The maximum absolute atomic E-state index is 13.2. The lowest BCUT2D eigenvalue weighted by Crippen LogP contribution is -2.19. The molecular weight excluding hydrogens is 483 g/mol. The first-order chi connectivity index (χ1) is 15.5. The minimum Gasteiger partial charge on any atom is -0.466 e. The van der Waals surface area contributed by atoms with Crippen LogP contribution >= 0.6 is 11.8 Å². The predicted molar refractivity (Wildman–Crippen MR) is 114 cm³/mol. The van der Waals surface area contributed by atoms with Gasteiger partial charge in [0.05, 0.1) is 33.6 Å². The Bertz CT molecular complexity index is 1290. The minimum atomic E-state index is -4.72. The van der Waals surface area contributed by atoms with E-state index in [0.29, 0.717) is 12.1 Å². The van der Waals surface area contributed by atoms with Gasteiger partial charge in [-0.25, -0.2) is 13.2 Å². The first kappa shape index (κ1) is 24.2. The number of sulfone groups is 1. The van der Waals surface area contributed by atoms with E-state index in [1.807, 2.05) is 0 Å². The first-order valence-corrected chi connectivity index (χ1v) is 11.2. The quantitative estimate of drug-likeness (QED) is 0.294. The summed E-state index contributed by atoms with van der Waals surface area (Å²) < 4.78 is 69.9. The molecule has 1 fully saturated rings. The highest BCUT2D eigenvalue weighted by molar-refractivity contribution is 8.18. The number of ether oxygens (including phenoxy) is 1. The number of benzene rings is 2. The molecule has 2 aromatic carbocycles. The van der Waals surface area contributed by atoms with Crippen molar-refractivity contribution in [3.05, 3.63) is 70.6 Å². The van der Waals surface area contributed by atoms with E-state index in [1.54, 1.807) is 6.07 Å². The number of nitrogens with one attached hydrogen (secondary N) is 1. The number of carbonyl (C=O) groups excluding carboxylic acids is 2. The van der Waals surface area contributed by atoms with Crippen LogP contribution in [0, 0.1) is 0 Å². The molecule has 0 unspecified atom stereocenters. The van der Waals surface area contributed by atoms with Gasteiger partial charge in [0.25, 0.3) is 5.91 Å². The summed E-state index contributed by atoms with van der Waals surface area (Å²) in [5.41, 5.74) is -1.42. The van der Waals surface area contributed by atoms with Crippen LogP contribution in [0.1, 0.15) is 11.1 Å². The summed E-state index contributed by atoms with van der Waals surface area (Å²) in [6.07, 6.45) is -2.94. The summed E-state index contributed by atoms with van der Waals surface area (Å²) in [5.74, 6) is -1.41. The van der Waals surface area contributed by atoms with E-state index in [9.17, 15) is 31.2 Å². The fourth-order valence-electron chi connectivity index (χ4n) is 2.58. The highest BCUT2D eigenvalue weighted by atomic mass is 32.2. The Morgan fingerprint density at radius 3 is 2.48 bits per heavy atom. The lowest BCUT2D eigenvalue weighted by atomic mass is 10.1. The molecule has 1 heterocycles. The van der Waals surface area contributed by atoms with Crippen molar-refractivity contribution < 1.29 is 35.9 Å². The number of thioether (sulfide) groups is 1. The molecular formula is C20H14F3N3O5S2. The number of rotatable bonds is 5. The number of hydrogen-bond donors (Lipinski definition) is 1. The standard InChI is InChI=1S/C20H14F3N3O5S2/c1-31-17(27)10-15-18(28)25-19(32-15)26-24-11-12-9-13(20(21,22)23)7-8-16(12)33(29,30)14-5-3-2-4-6-14/h2-11H,1H3,(H,25,26,28)/b15-10+,24-11?. The zero-order valence-corrected chi connectivity index (χ0v) is 18.3. The van der Waals surface area contributed by atoms with Gasteiger partial charge >= 0.3 is 12.1 Å². The highest BCUT2D eigenvalue weighted by Crippen LogP contribution is 2.33. The van der Waals surface area contributed by atoms with Crippen molar-refractivity contribution in [1.29, 1.82) is 0 Å². The molecule has 0 aliphatic carbocycles. The number of nitrogens with zero attached hydrogens (tertiary/aromatic N) is 2. The molecule has 1 aliphatic rings. The molecule has 13 heteroatoms. The van der Waals surface area contributed by atoms with Crippen LogP contribution in [0.3, 0.4) is 0 Å².